The van der Waals surface area contributed by atoms with Gasteiger partial charge in [0, 0.05) is 13.0 Å². The van der Waals surface area contributed by atoms with E-state index in [0.29, 0.717) is 6.42 Å². The van der Waals surface area contributed by atoms with Gasteiger partial charge in [0.1, 0.15) is 0 Å². The third-order valence-corrected chi connectivity index (χ3v) is 2.12. The summed E-state index contributed by atoms with van der Waals surface area (Å²) in [4.78, 5) is 2.23. The molecule has 1 N–H and O–H groups in total. The highest BCUT2D eigenvalue weighted by Gasteiger charge is 1.92. The fourth-order valence-corrected chi connectivity index (χ4v) is 1.30. The number of nitrogens with zero attached hydrogens (tertiary/aromatic N) is 2. The Bertz CT molecular complexity index is 149. The Labute approximate surface area is 88.1 Å². The minimum Gasteiger partial charge on any atom is -0.316 e. The molecular formula is C11H23N3. The zero-order chi connectivity index (χ0) is 10.6. The molecule has 3 nitrogen and oxygen atoms in total. The topological polar surface area (TPSA) is 39.1 Å². The lowest BCUT2D eigenvalue weighted by atomic mass is 10.2. The number of hydrogen-bond donors (Lipinski definition) is 1. The third kappa shape index (κ3) is 11.4. The van der Waals surface area contributed by atoms with Crippen LogP contribution in [0.3, 0.4) is 0 Å². The van der Waals surface area contributed by atoms with Crippen LogP contribution in [0.25, 0.3) is 0 Å². The molecule has 0 aromatic heterocycles. The highest BCUT2D eigenvalue weighted by atomic mass is 15.0. The quantitative estimate of drug-likeness (QED) is 0.571. The zero-order valence-corrected chi connectivity index (χ0v) is 9.55. The molecule has 0 aliphatic rings. The first-order valence-electron chi connectivity index (χ1n) is 5.49. The molecule has 0 aliphatic heterocycles. The van der Waals surface area contributed by atoms with Gasteiger partial charge in [-0.05, 0) is 40.0 Å². The molecule has 0 amide bonds. The molecule has 0 saturated carbocycles. The summed E-state index contributed by atoms with van der Waals surface area (Å²) in [5.74, 6) is 0. The summed E-state index contributed by atoms with van der Waals surface area (Å²) in [6.07, 6.45) is 5.77. The Morgan fingerprint density at radius 1 is 1.07 bits per heavy atom. The second-order valence-electron chi connectivity index (χ2n) is 3.88. The SMILES string of the molecule is CN(C)CCCCCCNCCC#N. The maximum atomic E-state index is 8.30. The predicted octanol–water partition coefficient (Wildman–Crippen LogP) is 1.61. The van der Waals surface area contributed by atoms with Crippen molar-refractivity contribution >= 4 is 0 Å². The second-order valence-corrected chi connectivity index (χ2v) is 3.88. The van der Waals surface area contributed by atoms with Gasteiger partial charge in [-0.2, -0.15) is 5.26 Å². The summed E-state index contributed by atoms with van der Waals surface area (Å²) in [6, 6.07) is 2.12. The Morgan fingerprint density at radius 2 is 1.79 bits per heavy atom. The molecule has 0 atom stereocenters. The van der Waals surface area contributed by atoms with Crippen LogP contribution in [0.2, 0.25) is 0 Å². The van der Waals surface area contributed by atoms with Gasteiger partial charge in [0.25, 0.3) is 0 Å². The van der Waals surface area contributed by atoms with Crippen LogP contribution in [-0.4, -0.2) is 38.6 Å². The van der Waals surface area contributed by atoms with E-state index in [1.807, 2.05) is 0 Å². The van der Waals surface area contributed by atoms with E-state index >= 15 is 0 Å². The Hall–Kier alpha value is -0.590. The molecule has 14 heavy (non-hydrogen) atoms. The molecule has 0 unspecified atom stereocenters. The van der Waals surface area contributed by atoms with Gasteiger partial charge >= 0.3 is 0 Å². The van der Waals surface area contributed by atoms with E-state index in [9.17, 15) is 0 Å². The molecule has 0 spiro atoms. The summed E-state index contributed by atoms with van der Waals surface area (Å²) in [5, 5.41) is 11.5. The zero-order valence-electron chi connectivity index (χ0n) is 9.55. The van der Waals surface area contributed by atoms with Crippen molar-refractivity contribution in [3.8, 4) is 6.07 Å². The van der Waals surface area contributed by atoms with Crippen molar-refractivity contribution < 1.29 is 0 Å². The van der Waals surface area contributed by atoms with Crippen LogP contribution in [0.15, 0.2) is 0 Å². The van der Waals surface area contributed by atoms with Crippen molar-refractivity contribution in [1.29, 1.82) is 5.26 Å². The lowest BCUT2D eigenvalue weighted by Gasteiger charge is -2.08. The second kappa shape index (κ2) is 10.5. The molecule has 0 fully saturated rings. The van der Waals surface area contributed by atoms with Crippen molar-refractivity contribution in [2.24, 2.45) is 0 Å². The van der Waals surface area contributed by atoms with Crippen molar-refractivity contribution in [3.05, 3.63) is 0 Å². The van der Waals surface area contributed by atoms with Crippen molar-refractivity contribution in [2.45, 2.75) is 32.1 Å². The molecule has 0 aliphatic carbocycles. The van der Waals surface area contributed by atoms with Crippen molar-refractivity contribution in [3.63, 3.8) is 0 Å². The fraction of sp³-hybridized carbons (Fsp3) is 0.909. The minimum absolute atomic E-state index is 0.626. The third-order valence-electron chi connectivity index (χ3n) is 2.12. The normalized spacial score (nSPS) is 10.4. The Kier molecular flexibility index (Phi) is 10.0. The minimum atomic E-state index is 0.626. The van der Waals surface area contributed by atoms with Gasteiger partial charge in [-0.1, -0.05) is 12.8 Å². The van der Waals surface area contributed by atoms with E-state index in [1.165, 1.54) is 32.2 Å². The molecule has 3 heteroatoms. The maximum Gasteiger partial charge on any atom is 0.0635 e. The number of nitriles is 1. The number of rotatable bonds is 9. The van der Waals surface area contributed by atoms with Crippen molar-refractivity contribution in [1.82, 2.24) is 10.2 Å². The van der Waals surface area contributed by atoms with Crippen LogP contribution in [0, 0.1) is 11.3 Å². The number of nitrogens with one attached hydrogen (secondary N) is 1. The van der Waals surface area contributed by atoms with E-state index in [1.54, 1.807) is 0 Å². The monoisotopic (exact) mass is 197 g/mol. The molecule has 0 saturated heterocycles. The van der Waals surface area contributed by atoms with Gasteiger partial charge in [-0.15, -0.1) is 0 Å². The summed E-state index contributed by atoms with van der Waals surface area (Å²) >= 11 is 0. The Morgan fingerprint density at radius 3 is 2.43 bits per heavy atom. The van der Waals surface area contributed by atoms with Gasteiger partial charge in [0.2, 0.25) is 0 Å². The van der Waals surface area contributed by atoms with Crippen LogP contribution < -0.4 is 5.32 Å². The summed E-state index contributed by atoms with van der Waals surface area (Å²) < 4.78 is 0. The first-order chi connectivity index (χ1) is 6.77. The van der Waals surface area contributed by atoms with Crippen LogP contribution in [-0.2, 0) is 0 Å². The van der Waals surface area contributed by atoms with Gasteiger partial charge in [-0.3, -0.25) is 0 Å². The summed E-state index contributed by atoms with van der Waals surface area (Å²) in [7, 11) is 4.23. The summed E-state index contributed by atoms with van der Waals surface area (Å²) in [5.41, 5.74) is 0. The van der Waals surface area contributed by atoms with Gasteiger partial charge in [0.15, 0.2) is 0 Å². The average Bonchev–Trinajstić information content (AvgIpc) is 2.15. The molecule has 0 rings (SSSR count). The lowest BCUT2D eigenvalue weighted by Crippen LogP contribution is -2.16. The van der Waals surface area contributed by atoms with Gasteiger partial charge in [-0.25, -0.2) is 0 Å². The first kappa shape index (κ1) is 13.4. The first-order valence-corrected chi connectivity index (χ1v) is 5.49. The number of unbranched alkanes of at least 4 members (excludes halogenated alkanes) is 3. The van der Waals surface area contributed by atoms with E-state index in [4.69, 9.17) is 5.26 Å². The van der Waals surface area contributed by atoms with Gasteiger partial charge < -0.3 is 10.2 Å². The summed E-state index contributed by atoms with van der Waals surface area (Å²) in [6.45, 7) is 3.10. The molecule has 0 aromatic carbocycles. The van der Waals surface area contributed by atoms with Crippen LogP contribution in [0.4, 0.5) is 0 Å². The van der Waals surface area contributed by atoms with E-state index in [2.05, 4.69) is 30.4 Å². The largest absolute Gasteiger partial charge is 0.316 e. The Balaban J connectivity index is 2.89. The highest BCUT2D eigenvalue weighted by Crippen LogP contribution is 1.99. The van der Waals surface area contributed by atoms with Crippen LogP contribution in [0.5, 0.6) is 0 Å². The number of hydrogen-bond acceptors (Lipinski definition) is 3. The van der Waals surface area contributed by atoms with E-state index in [-0.39, 0.29) is 0 Å². The molecule has 0 bridgehead atoms. The maximum absolute atomic E-state index is 8.30. The standard InChI is InChI=1S/C11H23N3/c1-14(2)11-6-4-3-5-9-13-10-7-8-12/h13H,3-7,9-11H2,1-2H3. The van der Waals surface area contributed by atoms with E-state index < -0.39 is 0 Å². The fourth-order valence-electron chi connectivity index (χ4n) is 1.30. The molecule has 0 aromatic rings. The van der Waals surface area contributed by atoms with Crippen LogP contribution >= 0.6 is 0 Å². The molecule has 82 valence electrons. The van der Waals surface area contributed by atoms with Crippen molar-refractivity contribution in [2.75, 3.05) is 33.7 Å². The lowest BCUT2D eigenvalue weighted by molar-refractivity contribution is 0.390. The molecule has 0 radical (unpaired) electrons. The van der Waals surface area contributed by atoms with Gasteiger partial charge in [0.05, 0.1) is 6.07 Å². The smallest absolute Gasteiger partial charge is 0.0635 e. The van der Waals surface area contributed by atoms with E-state index in [0.717, 1.165) is 13.1 Å². The molecular weight excluding hydrogens is 174 g/mol. The predicted molar refractivity (Wildman–Crippen MR) is 60.1 cm³/mol. The molecule has 0 heterocycles. The highest BCUT2D eigenvalue weighted by molar-refractivity contribution is 4.69. The van der Waals surface area contributed by atoms with Crippen LogP contribution in [0.1, 0.15) is 32.1 Å². The average molecular weight is 197 g/mol.